The Morgan fingerprint density at radius 3 is 2.84 bits per heavy atom. The lowest BCUT2D eigenvalue weighted by molar-refractivity contribution is -0.172. The number of fused-ring (bicyclic) bond motifs is 5. The smallest absolute Gasteiger partial charge is 0.343 e. The maximum Gasteiger partial charge on any atom is 0.343 e. The van der Waals surface area contributed by atoms with Crippen molar-refractivity contribution in [2.45, 2.75) is 44.9 Å². The average molecular weight is 434 g/mol. The number of benzene rings is 1. The number of carbonyl (C=O) groups is 2. The maximum atomic E-state index is 13.2. The molecule has 8 nitrogen and oxygen atoms in total. The van der Waals surface area contributed by atoms with E-state index in [1.165, 1.54) is 7.11 Å². The molecule has 0 saturated heterocycles. The lowest BCUT2D eigenvalue weighted by Crippen LogP contribution is -2.44. The molecule has 5 rings (SSSR count). The predicted octanol–water partition coefficient (Wildman–Crippen LogP) is 2.19. The summed E-state index contributed by atoms with van der Waals surface area (Å²) in [6.45, 7) is 1.89. The molecule has 4 heterocycles. The van der Waals surface area contributed by atoms with Crippen LogP contribution in [0, 0.1) is 0 Å². The number of aromatic nitrogens is 2. The standard InChI is InChI=1S/C24H22N2O6/c1-3-24(30)17-10-19-21-15(11-26(19)22(28)16(17)12-32-23(24)29)9-14-6-4-13(8-18(14)25-21)5-7-20(27)31-2/h4,6,8-10,30H,3,5,7,11-12H2,1-2H3. The number of aryl methyl sites for hydroxylation is 1. The largest absolute Gasteiger partial charge is 0.469 e. The Kier molecular flexibility index (Phi) is 4.63. The van der Waals surface area contributed by atoms with Crippen molar-refractivity contribution in [3.05, 3.63) is 62.9 Å². The van der Waals surface area contributed by atoms with E-state index >= 15 is 0 Å². The number of cyclic esters (lactones) is 1. The lowest BCUT2D eigenvalue weighted by Gasteiger charge is -2.31. The molecule has 0 radical (unpaired) electrons. The molecular formula is C24H22N2O6. The number of hydrogen-bond acceptors (Lipinski definition) is 7. The van der Waals surface area contributed by atoms with Gasteiger partial charge >= 0.3 is 11.9 Å². The van der Waals surface area contributed by atoms with E-state index in [-0.39, 0.29) is 31.0 Å². The van der Waals surface area contributed by atoms with Crippen LogP contribution >= 0.6 is 0 Å². The Bertz CT molecular complexity index is 1360. The third-order valence-corrected chi connectivity index (χ3v) is 6.42. The summed E-state index contributed by atoms with van der Waals surface area (Å²) in [6, 6.07) is 9.54. The van der Waals surface area contributed by atoms with E-state index in [2.05, 4.69) is 0 Å². The third kappa shape index (κ3) is 2.94. The fraction of sp³-hybridized carbons (Fsp3) is 0.333. The number of carbonyl (C=O) groups excluding carboxylic acids is 2. The average Bonchev–Trinajstić information content (AvgIpc) is 3.16. The van der Waals surface area contributed by atoms with Gasteiger partial charge in [0, 0.05) is 22.9 Å². The van der Waals surface area contributed by atoms with E-state index in [4.69, 9.17) is 14.5 Å². The monoisotopic (exact) mass is 434 g/mol. The van der Waals surface area contributed by atoms with Gasteiger partial charge in [-0.15, -0.1) is 0 Å². The molecule has 0 bridgehead atoms. The summed E-state index contributed by atoms with van der Waals surface area (Å²) in [5.74, 6) is -1.01. The van der Waals surface area contributed by atoms with Crippen LogP contribution in [0.1, 0.15) is 42.0 Å². The SMILES string of the molecule is CCC1(O)C(=O)OCc2c1cc1n(c2=O)Cc2cc3ccc(CCC(=O)OC)cc3nc2-1. The highest BCUT2D eigenvalue weighted by atomic mass is 16.6. The Labute approximate surface area is 183 Å². The van der Waals surface area contributed by atoms with Crippen molar-refractivity contribution in [2.75, 3.05) is 7.11 Å². The summed E-state index contributed by atoms with van der Waals surface area (Å²) in [5.41, 5.74) is 2.31. The van der Waals surface area contributed by atoms with Gasteiger partial charge in [-0.3, -0.25) is 9.59 Å². The highest BCUT2D eigenvalue weighted by Crippen LogP contribution is 2.38. The van der Waals surface area contributed by atoms with Gasteiger partial charge in [-0.05, 0) is 36.6 Å². The highest BCUT2D eigenvalue weighted by molar-refractivity contribution is 5.86. The van der Waals surface area contributed by atoms with E-state index in [9.17, 15) is 19.5 Å². The predicted molar refractivity (Wildman–Crippen MR) is 115 cm³/mol. The van der Waals surface area contributed by atoms with E-state index in [1.807, 2.05) is 24.3 Å². The first kappa shape index (κ1) is 20.4. The number of aliphatic hydroxyl groups is 1. The van der Waals surface area contributed by atoms with Crippen molar-refractivity contribution in [3.63, 3.8) is 0 Å². The van der Waals surface area contributed by atoms with Gasteiger partial charge < -0.3 is 19.1 Å². The Morgan fingerprint density at radius 2 is 2.09 bits per heavy atom. The molecule has 0 spiro atoms. The summed E-state index contributed by atoms with van der Waals surface area (Å²) in [6.07, 6.45) is 0.920. The van der Waals surface area contributed by atoms with Crippen molar-refractivity contribution in [2.24, 2.45) is 0 Å². The number of hydrogen-bond donors (Lipinski definition) is 1. The highest BCUT2D eigenvalue weighted by Gasteiger charge is 2.45. The van der Waals surface area contributed by atoms with Crippen molar-refractivity contribution in [1.82, 2.24) is 9.55 Å². The molecule has 164 valence electrons. The number of rotatable bonds is 4. The minimum atomic E-state index is -1.84. The zero-order valence-corrected chi connectivity index (χ0v) is 17.8. The number of nitrogens with zero attached hydrogens (tertiary/aromatic N) is 2. The quantitative estimate of drug-likeness (QED) is 0.491. The van der Waals surface area contributed by atoms with Gasteiger partial charge in [0.15, 0.2) is 5.60 Å². The minimum absolute atomic E-state index is 0.100. The summed E-state index contributed by atoms with van der Waals surface area (Å²) in [5, 5.41) is 11.9. The van der Waals surface area contributed by atoms with Crippen molar-refractivity contribution >= 4 is 22.8 Å². The van der Waals surface area contributed by atoms with Crippen LogP contribution in [0.25, 0.3) is 22.3 Å². The molecular weight excluding hydrogens is 412 g/mol. The second-order valence-corrected chi connectivity index (χ2v) is 8.20. The second kappa shape index (κ2) is 7.27. The zero-order chi connectivity index (χ0) is 22.6. The first-order valence-electron chi connectivity index (χ1n) is 10.5. The van der Waals surface area contributed by atoms with Crippen molar-refractivity contribution in [1.29, 1.82) is 0 Å². The zero-order valence-electron chi connectivity index (χ0n) is 17.8. The molecule has 1 aromatic carbocycles. The van der Waals surface area contributed by atoms with Crippen molar-refractivity contribution < 1.29 is 24.2 Å². The summed E-state index contributed by atoms with van der Waals surface area (Å²) in [7, 11) is 1.37. The number of esters is 2. The van der Waals surface area contributed by atoms with Crippen LogP contribution in [0.2, 0.25) is 0 Å². The summed E-state index contributed by atoms with van der Waals surface area (Å²) < 4.78 is 11.4. The molecule has 1 unspecified atom stereocenters. The van der Waals surface area contributed by atoms with Crippen LogP contribution in [0.15, 0.2) is 35.1 Å². The van der Waals surface area contributed by atoms with Crippen LogP contribution in [-0.4, -0.2) is 33.7 Å². The molecule has 2 aliphatic heterocycles. The molecule has 2 aliphatic rings. The van der Waals surface area contributed by atoms with E-state index in [0.29, 0.717) is 35.5 Å². The van der Waals surface area contributed by atoms with Crippen LogP contribution in [0.5, 0.6) is 0 Å². The Hall–Kier alpha value is -3.52. The van der Waals surface area contributed by atoms with Gasteiger partial charge in [0.05, 0.1) is 36.1 Å². The van der Waals surface area contributed by atoms with Crippen LogP contribution in [0.3, 0.4) is 0 Å². The van der Waals surface area contributed by atoms with E-state index < -0.39 is 11.6 Å². The molecule has 0 fully saturated rings. The molecule has 0 amide bonds. The Balaban J connectivity index is 1.63. The molecule has 1 N–H and O–H groups in total. The summed E-state index contributed by atoms with van der Waals surface area (Å²) >= 11 is 0. The normalized spacial score (nSPS) is 18.7. The first-order chi connectivity index (χ1) is 15.4. The summed E-state index contributed by atoms with van der Waals surface area (Å²) in [4.78, 5) is 41.8. The number of methoxy groups -OCH3 is 1. The fourth-order valence-electron chi connectivity index (χ4n) is 4.53. The van der Waals surface area contributed by atoms with Gasteiger partial charge in [0.1, 0.15) is 6.61 Å². The van der Waals surface area contributed by atoms with Crippen LogP contribution in [-0.2, 0) is 44.2 Å². The molecule has 0 aliphatic carbocycles. The van der Waals surface area contributed by atoms with Crippen LogP contribution < -0.4 is 5.56 Å². The van der Waals surface area contributed by atoms with Crippen LogP contribution in [0.4, 0.5) is 0 Å². The Morgan fingerprint density at radius 1 is 1.28 bits per heavy atom. The van der Waals surface area contributed by atoms with Gasteiger partial charge in [0.25, 0.3) is 5.56 Å². The van der Waals surface area contributed by atoms with E-state index in [1.54, 1.807) is 17.6 Å². The third-order valence-electron chi connectivity index (χ3n) is 6.42. The second-order valence-electron chi connectivity index (χ2n) is 8.20. The molecule has 2 aromatic heterocycles. The lowest BCUT2D eigenvalue weighted by atomic mass is 9.86. The van der Waals surface area contributed by atoms with Gasteiger partial charge in [-0.2, -0.15) is 0 Å². The van der Waals surface area contributed by atoms with Gasteiger partial charge in [-0.25, -0.2) is 9.78 Å². The number of ether oxygens (including phenoxy) is 2. The minimum Gasteiger partial charge on any atom is -0.469 e. The molecule has 3 aromatic rings. The first-order valence-corrected chi connectivity index (χ1v) is 10.5. The van der Waals surface area contributed by atoms with Crippen molar-refractivity contribution in [3.8, 4) is 11.4 Å². The molecule has 8 heteroatoms. The van der Waals surface area contributed by atoms with Gasteiger partial charge in [-0.1, -0.05) is 19.1 Å². The topological polar surface area (TPSA) is 108 Å². The van der Waals surface area contributed by atoms with E-state index in [0.717, 1.165) is 22.0 Å². The number of pyridine rings is 2. The molecule has 1 atom stereocenters. The molecule has 0 saturated carbocycles. The molecule has 32 heavy (non-hydrogen) atoms. The van der Waals surface area contributed by atoms with Gasteiger partial charge in [0.2, 0.25) is 0 Å². The fourth-order valence-corrected chi connectivity index (χ4v) is 4.53. The maximum absolute atomic E-state index is 13.2.